The van der Waals surface area contributed by atoms with Crippen LogP contribution >= 0.6 is 0 Å². The lowest BCUT2D eigenvalue weighted by atomic mass is 9.87. The molecule has 2 rings (SSSR count). The second-order valence-electron chi connectivity index (χ2n) is 3.75. The van der Waals surface area contributed by atoms with Gasteiger partial charge in [0.15, 0.2) is 0 Å². The number of aromatic hydroxyl groups is 1. The Balaban J connectivity index is 2.48. The van der Waals surface area contributed by atoms with Crippen LogP contribution in [0.4, 0.5) is 0 Å². The molecular formula is C11H12O2. The third-order valence-electron chi connectivity index (χ3n) is 2.30. The lowest BCUT2D eigenvalue weighted by Crippen LogP contribution is -2.26. The first-order valence-electron chi connectivity index (χ1n) is 4.30. The Hall–Kier alpha value is -1.28. The van der Waals surface area contributed by atoms with Crippen molar-refractivity contribution in [2.45, 2.75) is 18.9 Å². The van der Waals surface area contributed by atoms with Crippen molar-refractivity contribution < 1.29 is 10.2 Å². The molecule has 1 aliphatic carbocycles. The Kier molecular flexibility index (Phi) is 1.67. The Morgan fingerprint density at radius 3 is 2.92 bits per heavy atom. The molecule has 1 aromatic rings. The summed E-state index contributed by atoms with van der Waals surface area (Å²) in [6, 6.07) is 5.22. The smallest absolute Gasteiger partial charge is 0.115 e. The van der Waals surface area contributed by atoms with Gasteiger partial charge in [-0.3, -0.25) is 0 Å². The van der Waals surface area contributed by atoms with Gasteiger partial charge in [-0.1, -0.05) is 18.2 Å². The molecule has 2 N–H and O–H groups in total. The Bertz CT molecular complexity index is 364. The third kappa shape index (κ3) is 1.58. The summed E-state index contributed by atoms with van der Waals surface area (Å²) < 4.78 is 0. The molecule has 0 aromatic heterocycles. The van der Waals surface area contributed by atoms with Crippen molar-refractivity contribution in [3.8, 4) is 5.75 Å². The van der Waals surface area contributed by atoms with Crippen LogP contribution < -0.4 is 0 Å². The van der Waals surface area contributed by atoms with Gasteiger partial charge in [-0.2, -0.15) is 0 Å². The largest absolute Gasteiger partial charge is 0.508 e. The Morgan fingerprint density at radius 1 is 1.38 bits per heavy atom. The summed E-state index contributed by atoms with van der Waals surface area (Å²) in [6.07, 6.45) is 4.23. The van der Waals surface area contributed by atoms with Crippen molar-refractivity contribution in [2.24, 2.45) is 0 Å². The summed E-state index contributed by atoms with van der Waals surface area (Å²) >= 11 is 0. The van der Waals surface area contributed by atoms with Crippen LogP contribution in [0.15, 0.2) is 24.3 Å². The van der Waals surface area contributed by atoms with Gasteiger partial charge in [0.05, 0.1) is 5.60 Å². The van der Waals surface area contributed by atoms with E-state index in [1.807, 2.05) is 12.1 Å². The van der Waals surface area contributed by atoms with Gasteiger partial charge in [-0.15, -0.1) is 0 Å². The predicted molar refractivity (Wildman–Crippen MR) is 51.5 cm³/mol. The van der Waals surface area contributed by atoms with E-state index in [-0.39, 0.29) is 5.75 Å². The molecule has 2 nitrogen and oxygen atoms in total. The minimum Gasteiger partial charge on any atom is -0.508 e. The van der Waals surface area contributed by atoms with E-state index in [2.05, 4.69) is 0 Å². The van der Waals surface area contributed by atoms with Crippen LogP contribution in [0.2, 0.25) is 0 Å². The second-order valence-corrected chi connectivity index (χ2v) is 3.75. The SMILES string of the molecule is CC1(O)C=Cc2ccc(O)cc2C1. The van der Waals surface area contributed by atoms with Gasteiger partial charge in [0.2, 0.25) is 0 Å². The number of hydrogen-bond acceptors (Lipinski definition) is 2. The monoisotopic (exact) mass is 176 g/mol. The molecule has 0 saturated heterocycles. The molecule has 0 amide bonds. The van der Waals surface area contributed by atoms with Crippen molar-refractivity contribution in [2.75, 3.05) is 0 Å². The molecule has 0 heterocycles. The number of fused-ring (bicyclic) bond motifs is 1. The highest BCUT2D eigenvalue weighted by Gasteiger charge is 2.22. The molecule has 1 aliphatic rings. The zero-order valence-corrected chi connectivity index (χ0v) is 7.49. The van der Waals surface area contributed by atoms with Crippen LogP contribution in [0, 0.1) is 0 Å². The maximum atomic E-state index is 9.74. The highest BCUT2D eigenvalue weighted by Crippen LogP contribution is 2.27. The minimum atomic E-state index is -0.777. The lowest BCUT2D eigenvalue weighted by Gasteiger charge is -2.24. The average Bonchev–Trinajstić information content (AvgIpc) is 2.01. The molecule has 68 valence electrons. The normalized spacial score (nSPS) is 25.7. The first-order chi connectivity index (χ1) is 6.07. The van der Waals surface area contributed by atoms with E-state index in [1.54, 1.807) is 25.1 Å². The number of aliphatic hydroxyl groups is 1. The van der Waals surface area contributed by atoms with Gasteiger partial charge in [0, 0.05) is 6.42 Å². The molecule has 13 heavy (non-hydrogen) atoms. The summed E-state index contributed by atoms with van der Waals surface area (Å²) in [5.74, 6) is 0.254. The molecule has 1 aromatic carbocycles. The summed E-state index contributed by atoms with van der Waals surface area (Å²) in [5, 5.41) is 19.0. The number of phenols is 1. The molecule has 0 radical (unpaired) electrons. The molecule has 1 unspecified atom stereocenters. The van der Waals surface area contributed by atoms with E-state index in [9.17, 15) is 10.2 Å². The summed E-state index contributed by atoms with van der Waals surface area (Å²) in [4.78, 5) is 0. The predicted octanol–water partition coefficient (Wildman–Crippen LogP) is 1.71. The standard InChI is InChI=1S/C11H12O2/c1-11(13)5-4-8-2-3-10(12)6-9(8)7-11/h2-6,12-13H,7H2,1H3. The Labute approximate surface area is 77.1 Å². The number of rotatable bonds is 0. The summed E-state index contributed by atoms with van der Waals surface area (Å²) in [7, 11) is 0. The van der Waals surface area contributed by atoms with Crippen LogP contribution in [0.25, 0.3) is 6.08 Å². The highest BCUT2D eigenvalue weighted by atomic mass is 16.3. The highest BCUT2D eigenvalue weighted by molar-refractivity contribution is 5.59. The quantitative estimate of drug-likeness (QED) is 0.631. The molecular weight excluding hydrogens is 164 g/mol. The molecule has 2 heteroatoms. The molecule has 0 saturated carbocycles. The van der Waals surface area contributed by atoms with Crippen molar-refractivity contribution in [1.82, 2.24) is 0 Å². The van der Waals surface area contributed by atoms with Crippen LogP contribution in [-0.4, -0.2) is 15.8 Å². The zero-order valence-electron chi connectivity index (χ0n) is 7.49. The van der Waals surface area contributed by atoms with Crippen molar-refractivity contribution in [3.05, 3.63) is 35.4 Å². The van der Waals surface area contributed by atoms with Gasteiger partial charge < -0.3 is 10.2 Å². The minimum absolute atomic E-state index is 0.254. The molecule has 0 spiro atoms. The van der Waals surface area contributed by atoms with Crippen LogP contribution in [0.1, 0.15) is 18.1 Å². The van der Waals surface area contributed by atoms with Gasteiger partial charge in [0.1, 0.15) is 5.75 Å². The van der Waals surface area contributed by atoms with E-state index in [1.165, 1.54) is 0 Å². The molecule has 0 fully saturated rings. The lowest BCUT2D eigenvalue weighted by molar-refractivity contribution is 0.112. The zero-order chi connectivity index (χ0) is 9.47. The Morgan fingerprint density at radius 2 is 2.15 bits per heavy atom. The summed E-state index contributed by atoms with van der Waals surface area (Å²) in [5.41, 5.74) is 1.29. The van der Waals surface area contributed by atoms with E-state index in [0.717, 1.165) is 11.1 Å². The van der Waals surface area contributed by atoms with Gasteiger partial charge in [-0.05, 0) is 30.2 Å². The number of benzene rings is 1. The fourth-order valence-corrected chi connectivity index (χ4v) is 1.62. The van der Waals surface area contributed by atoms with Crippen LogP contribution in [-0.2, 0) is 6.42 Å². The van der Waals surface area contributed by atoms with Crippen molar-refractivity contribution in [3.63, 3.8) is 0 Å². The molecule has 1 atom stereocenters. The molecule has 0 aliphatic heterocycles. The van der Waals surface area contributed by atoms with E-state index >= 15 is 0 Å². The fourth-order valence-electron chi connectivity index (χ4n) is 1.62. The van der Waals surface area contributed by atoms with E-state index in [0.29, 0.717) is 6.42 Å². The fraction of sp³-hybridized carbons (Fsp3) is 0.273. The molecule has 0 bridgehead atoms. The first kappa shape index (κ1) is 8.32. The van der Waals surface area contributed by atoms with Crippen molar-refractivity contribution >= 4 is 6.08 Å². The first-order valence-corrected chi connectivity index (χ1v) is 4.30. The average molecular weight is 176 g/mol. The number of phenolic OH excluding ortho intramolecular Hbond substituents is 1. The summed E-state index contributed by atoms with van der Waals surface area (Å²) in [6.45, 7) is 1.76. The number of hydrogen-bond donors (Lipinski definition) is 2. The van der Waals surface area contributed by atoms with Gasteiger partial charge in [0.25, 0.3) is 0 Å². The topological polar surface area (TPSA) is 40.5 Å². The third-order valence-corrected chi connectivity index (χ3v) is 2.30. The van der Waals surface area contributed by atoms with Crippen LogP contribution in [0.5, 0.6) is 5.75 Å². The van der Waals surface area contributed by atoms with Gasteiger partial charge >= 0.3 is 0 Å². The van der Waals surface area contributed by atoms with Crippen molar-refractivity contribution in [1.29, 1.82) is 0 Å². The second kappa shape index (κ2) is 2.60. The van der Waals surface area contributed by atoms with Crippen LogP contribution in [0.3, 0.4) is 0 Å². The van der Waals surface area contributed by atoms with E-state index < -0.39 is 5.60 Å². The van der Waals surface area contributed by atoms with Gasteiger partial charge in [-0.25, -0.2) is 0 Å². The van der Waals surface area contributed by atoms with E-state index in [4.69, 9.17) is 0 Å². The maximum Gasteiger partial charge on any atom is 0.115 e. The maximum absolute atomic E-state index is 9.74.